The first-order valence-corrected chi connectivity index (χ1v) is 7.30. The number of carbonyl (C=O) groups is 2. The van der Waals surface area contributed by atoms with Crippen LogP contribution in [0.25, 0.3) is 0 Å². The topological polar surface area (TPSA) is 37.4 Å². The number of nitrogens with zero attached hydrogens (tertiary/aromatic N) is 1. The number of rotatable bonds is 4. The van der Waals surface area contributed by atoms with Gasteiger partial charge in [-0.3, -0.25) is 9.59 Å². The molecule has 3 heteroatoms. The van der Waals surface area contributed by atoms with E-state index < -0.39 is 0 Å². The number of ketones is 1. The number of carbonyl (C=O) groups excluding carboxylic acids is 2. The van der Waals surface area contributed by atoms with Crippen molar-refractivity contribution >= 4 is 11.7 Å². The Morgan fingerprint density at radius 2 is 1.89 bits per heavy atom. The van der Waals surface area contributed by atoms with Crippen LogP contribution in [0.4, 0.5) is 0 Å². The van der Waals surface area contributed by atoms with Gasteiger partial charge in [0, 0.05) is 19.5 Å². The summed E-state index contributed by atoms with van der Waals surface area (Å²) < 4.78 is 0. The minimum absolute atomic E-state index is 0.0567. The Labute approximate surface area is 110 Å². The van der Waals surface area contributed by atoms with Crippen molar-refractivity contribution in [2.75, 3.05) is 13.1 Å². The van der Waals surface area contributed by atoms with Gasteiger partial charge in [0.1, 0.15) is 5.78 Å². The molecule has 2 rings (SSSR count). The van der Waals surface area contributed by atoms with E-state index in [1.165, 1.54) is 32.1 Å². The maximum Gasteiger partial charge on any atom is 0.230 e. The highest BCUT2D eigenvalue weighted by Gasteiger charge is 2.38. The fourth-order valence-corrected chi connectivity index (χ4v) is 3.74. The van der Waals surface area contributed by atoms with Crippen LogP contribution in [0, 0.1) is 11.3 Å². The summed E-state index contributed by atoms with van der Waals surface area (Å²) in [6.07, 6.45) is 7.01. The Morgan fingerprint density at radius 3 is 2.44 bits per heavy atom. The molecule has 0 radical (unpaired) electrons. The standard InChI is InChI=1S/C15H25NO2/c1-12(2)10-15(6-3-4-7-15)11-16-8-5-13(17)9-14(16)18/h12H,3-11H2,1-2H3. The molecular formula is C15H25NO2. The maximum atomic E-state index is 11.9. The van der Waals surface area contributed by atoms with E-state index in [2.05, 4.69) is 13.8 Å². The van der Waals surface area contributed by atoms with Crippen molar-refractivity contribution in [3.8, 4) is 0 Å². The normalized spacial score (nSPS) is 24.1. The van der Waals surface area contributed by atoms with E-state index in [1.807, 2.05) is 4.90 Å². The molecule has 0 N–H and O–H groups in total. The van der Waals surface area contributed by atoms with Crippen molar-refractivity contribution in [1.82, 2.24) is 4.90 Å². The molecule has 0 unspecified atom stereocenters. The van der Waals surface area contributed by atoms with Gasteiger partial charge in [0.05, 0.1) is 6.42 Å². The number of amides is 1. The molecule has 0 atom stereocenters. The maximum absolute atomic E-state index is 11.9. The highest BCUT2D eigenvalue weighted by Crippen LogP contribution is 2.44. The molecule has 0 aromatic carbocycles. The van der Waals surface area contributed by atoms with Crippen LogP contribution >= 0.6 is 0 Å². The molecule has 0 aromatic heterocycles. The molecular weight excluding hydrogens is 226 g/mol. The molecule has 1 amide bonds. The van der Waals surface area contributed by atoms with E-state index in [-0.39, 0.29) is 18.1 Å². The molecule has 1 heterocycles. The van der Waals surface area contributed by atoms with Gasteiger partial charge in [-0.05, 0) is 30.6 Å². The van der Waals surface area contributed by atoms with Crippen LogP contribution < -0.4 is 0 Å². The largest absolute Gasteiger partial charge is 0.341 e. The van der Waals surface area contributed by atoms with Gasteiger partial charge >= 0.3 is 0 Å². The smallest absolute Gasteiger partial charge is 0.230 e. The van der Waals surface area contributed by atoms with Gasteiger partial charge in [0.15, 0.2) is 0 Å². The summed E-state index contributed by atoms with van der Waals surface area (Å²) in [4.78, 5) is 25.1. The van der Waals surface area contributed by atoms with Gasteiger partial charge in [0.25, 0.3) is 0 Å². The zero-order chi connectivity index (χ0) is 13.2. The predicted molar refractivity (Wildman–Crippen MR) is 71.2 cm³/mol. The summed E-state index contributed by atoms with van der Waals surface area (Å²) in [6, 6.07) is 0. The van der Waals surface area contributed by atoms with E-state index in [0.717, 1.165) is 6.54 Å². The van der Waals surface area contributed by atoms with Crippen LogP contribution in [0.3, 0.4) is 0 Å². The Morgan fingerprint density at radius 1 is 1.22 bits per heavy atom. The van der Waals surface area contributed by atoms with E-state index in [9.17, 15) is 9.59 Å². The third-order valence-electron chi connectivity index (χ3n) is 4.39. The highest BCUT2D eigenvalue weighted by atomic mass is 16.2. The van der Waals surface area contributed by atoms with Gasteiger partial charge in [0.2, 0.25) is 5.91 Å². The van der Waals surface area contributed by atoms with E-state index in [0.29, 0.717) is 24.3 Å². The third kappa shape index (κ3) is 3.12. The van der Waals surface area contributed by atoms with Gasteiger partial charge in [-0.25, -0.2) is 0 Å². The lowest BCUT2D eigenvalue weighted by Crippen LogP contribution is -2.45. The van der Waals surface area contributed by atoms with Crippen LogP contribution in [0.5, 0.6) is 0 Å². The lowest BCUT2D eigenvalue weighted by atomic mass is 9.78. The number of piperidine rings is 1. The molecule has 2 aliphatic rings. The molecule has 1 saturated heterocycles. The van der Waals surface area contributed by atoms with Crippen molar-refractivity contribution in [2.24, 2.45) is 11.3 Å². The van der Waals surface area contributed by atoms with Crippen LogP contribution in [0.2, 0.25) is 0 Å². The van der Waals surface area contributed by atoms with E-state index in [1.54, 1.807) is 0 Å². The average molecular weight is 251 g/mol. The molecule has 1 aliphatic carbocycles. The fourth-order valence-electron chi connectivity index (χ4n) is 3.74. The monoisotopic (exact) mass is 251 g/mol. The number of Topliss-reactive ketones (excluding diaryl/α,β-unsaturated/α-hetero) is 1. The van der Waals surface area contributed by atoms with Crippen LogP contribution in [0.1, 0.15) is 58.8 Å². The first kappa shape index (κ1) is 13.6. The summed E-state index contributed by atoms with van der Waals surface area (Å²) in [6.45, 7) is 6.07. The number of hydrogen-bond donors (Lipinski definition) is 0. The van der Waals surface area contributed by atoms with Crippen LogP contribution in [-0.4, -0.2) is 29.7 Å². The van der Waals surface area contributed by atoms with E-state index in [4.69, 9.17) is 0 Å². The Bertz CT molecular complexity index is 329. The average Bonchev–Trinajstić information content (AvgIpc) is 2.70. The van der Waals surface area contributed by atoms with Gasteiger partial charge < -0.3 is 4.90 Å². The summed E-state index contributed by atoms with van der Waals surface area (Å²) in [5.41, 5.74) is 0.338. The van der Waals surface area contributed by atoms with Crippen molar-refractivity contribution in [1.29, 1.82) is 0 Å². The first-order chi connectivity index (χ1) is 8.51. The van der Waals surface area contributed by atoms with E-state index >= 15 is 0 Å². The minimum Gasteiger partial charge on any atom is -0.341 e. The highest BCUT2D eigenvalue weighted by molar-refractivity contribution is 6.00. The van der Waals surface area contributed by atoms with Crippen LogP contribution in [0.15, 0.2) is 0 Å². The Hall–Kier alpha value is -0.860. The molecule has 1 saturated carbocycles. The quantitative estimate of drug-likeness (QED) is 0.720. The van der Waals surface area contributed by atoms with Crippen molar-refractivity contribution < 1.29 is 9.59 Å². The molecule has 1 aliphatic heterocycles. The van der Waals surface area contributed by atoms with Crippen LogP contribution in [-0.2, 0) is 9.59 Å². The van der Waals surface area contributed by atoms with Gasteiger partial charge in [-0.15, -0.1) is 0 Å². The molecule has 3 nitrogen and oxygen atoms in total. The molecule has 18 heavy (non-hydrogen) atoms. The van der Waals surface area contributed by atoms with Gasteiger partial charge in [-0.1, -0.05) is 26.7 Å². The predicted octanol–water partition coefficient (Wildman–Crippen LogP) is 2.78. The minimum atomic E-state index is 0.0567. The van der Waals surface area contributed by atoms with Crippen molar-refractivity contribution in [3.63, 3.8) is 0 Å². The summed E-state index contributed by atoms with van der Waals surface area (Å²) in [5.74, 6) is 0.853. The summed E-state index contributed by atoms with van der Waals surface area (Å²) in [5, 5.41) is 0. The van der Waals surface area contributed by atoms with Crippen molar-refractivity contribution in [2.45, 2.75) is 58.8 Å². The SMILES string of the molecule is CC(C)CC1(CN2CCC(=O)CC2=O)CCCC1. The molecule has 0 bridgehead atoms. The molecule has 2 fully saturated rings. The molecule has 102 valence electrons. The number of likely N-dealkylation sites (tertiary alicyclic amines) is 1. The fraction of sp³-hybridized carbons (Fsp3) is 0.867. The second-order valence-electron chi connectivity index (χ2n) is 6.59. The Kier molecular flexibility index (Phi) is 4.08. The lowest BCUT2D eigenvalue weighted by Gasteiger charge is -2.38. The zero-order valence-electron chi connectivity index (χ0n) is 11.7. The first-order valence-electron chi connectivity index (χ1n) is 7.30. The summed E-state index contributed by atoms with van der Waals surface area (Å²) >= 11 is 0. The second-order valence-corrected chi connectivity index (χ2v) is 6.59. The van der Waals surface area contributed by atoms with Gasteiger partial charge in [-0.2, -0.15) is 0 Å². The van der Waals surface area contributed by atoms with Crippen molar-refractivity contribution in [3.05, 3.63) is 0 Å². The Balaban J connectivity index is 2.00. The summed E-state index contributed by atoms with van der Waals surface area (Å²) in [7, 11) is 0. The zero-order valence-corrected chi connectivity index (χ0v) is 11.7. The lowest BCUT2D eigenvalue weighted by molar-refractivity contribution is -0.141. The second kappa shape index (κ2) is 5.41. The molecule has 0 aromatic rings. The molecule has 0 spiro atoms. The number of hydrogen-bond acceptors (Lipinski definition) is 2. The third-order valence-corrected chi connectivity index (χ3v) is 4.39.